The quantitative estimate of drug-likeness (QED) is 0.338. The lowest BCUT2D eigenvalue weighted by Gasteiger charge is -2.16. The molecule has 0 heterocycles. The Kier molecular flexibility index (Phi) is 5.37. The third-order valence-corrected chi connectivity index (χ3v) is 5.15. The standard InChI is InChI=1S/C19H10F7NO2S/c20-15-13(9-4-6-12(7-5-9)30(27,28)29)14(16(21)18(23)17(15)22)10-2-1-3-11(8-10)19(24,25)26/h1-8H,(H2,27,28,29). The normalized spacial score (nSPS) is 12.3. The summed E-state index contributed by atoms with van der Waals surface area (Å²) >= 11 is 0. The minimum atomic E-state index is -4.83. The van der Waals surface area contributed by atoms with Crippen LogP contribution in [0.1, 0.15) is 5.56 Å². The van der Waals surface area contributed by atoms with E-state index in [1.165, 1.54) is 0 Å². The Morgan fingerprint density at radius 2 is 1.20 bits per heavy atom. The average molecular weight is 449 g/mol. The van der Waals surface area contributed by atoms with E-state index in [0.717, 1.165) is 36.4 Å². The van der Waals surface area contributed by atoms with Gasteiger partial charge in [-0.05, 0) is 35.4 Å². The molecule has 0 saturated heterocycles. The molecule has 0 unspecified atom stereocenters. The Morgan fingerprint density at radius 3 is 1.67 bits per heavy atom. The summed E-state index contributed by atoms with van der Waals surface area (Å²) in [5.74, 6) is -8.14. The highest BCUT2D eigenvalue weighted by atomic mass is 32.2. The number of nitrogens with two attached hydrogens (primary N) is 1. The maximum Gasteiger partial charge on any atom is 0.416 e. The maximum atomic E-state index is 14.6. The molecular weight excluding hydrogens is 439 g/mol. The number of alkyl halides is 3. The summed E-state index contributed by atoms with van der Waals surface area (Å²) < 4.78 is 119. The van der Waals surface area contributed by atoms with Crippen LogP contribution in [0.25, 0.3) is 22.3 Å². The monoisotopic (exact) mass is 449 g/mol. The molecule has 11 heteroatoms. The van der Waals surface area contributed by atoms with Crippen LogP contribution in [0, 0.1) is 23.3 Å². The van der Waals surface area contributed by atoms with Gasteiger partial charge in [-0.2, -0.15) is 13.2 Å². The predicted molar refractivity (Wildman–Crippen MR) is 93.5 cm³/mol. The van der Waals surface area contributed by atoms with Gasteiger partial charge in [0, 0.05) is 11.1 Å². The highest BCUT2D eigenvalue weighted by Gasteiger charge is 2.32. The van der Waals surface area contributed by atoms with Gasteiger partial charge in [-0.25, -0.2) is 31.1 Å². The topological polar surface area (TPSA) is 60.2 Å². The molecule has 0 aliphatic heterocycles. The molecule has 0 fully saturated rings. The Hall–Kier alpha value is -2.92. The fraction of sp³-hybridized carbons (Fsp3) is 0.0526. The SMILES string of the molecule is NS(=O)(=O)c1ccc(-c2c(F)c(F)c(F)c(F)c2-c2cccc(C(F)(F)F)c2)cc1. The van der Waals surface area contributed by atoms with Gasteiger partial charge in [-0.3, -0.25) is 0 Å². The van der Waals surface area contributed by atoms with Gasteiger partial charge >= 0.3 is 6.18 Å². The highest BCUT2D eigenvalue weighted by Crippen LogP contribution is 2.41. The number of primary sulfonamides is 1. The molecule has 3 aromatic rings. The van der Waals surface area contributed by atoms with Crippen LogP contribution in [0.5, 0.6) is 0 Å². The molecule has 158 valence electrons. The zero-order valence-corrected chi connectivity index (χ0v) is 15.4. The van der Waals surface area contributed by atoms with E-state index in [2.05, 4.69) is 0 Å². The van der Waals surface area contributed by atoms with E-state index in [0.29, 0.717) is 12.1 Å². The maximum absolute atomic E-state index is 14.6. The van der Waals surface area contributed by atoms with E-state index < -0.39 is 66.6 Å². The molecule has 2 N–H and O–H groups in total. The molecule has 0 aliphatic rings. The second-order valence-electron chi connectivity index (χ2n) is 6.15. The zero-order chi connectivity index (χ0) is 22.4. The molecular formula is C19H10F7NO2S. The molecule has 30 heavy (non-hydrogen) atoms. The molecule has 3 rings (SSSR count). The van der Waals surface area contributed by atoms with E-state index in [4.69, 9.17) is 5.14 Å². The van der Waals surface area contributed by atoms with E-state index in [1.54, 1.807) is 0 Å². The Bertz CT molecular complexity index is 1240. The van der Waals surface area contributed by atoms with Crippen molar-refractivity contribution in [3.63, 3.8) is 0 Å². The van der Waals surface area contributed by atoms with E-state index in [9.17, 15) is 39.2 Å². The van der Waals surface area contributed by atoms with Crippen molar-refractivity contribution < 1.29 is 39.2 Å². The molecule has 0 spiro atoms. The lowest BCUT2D eigenvalue weighted by Crippen LogP contribution is -2.12. The summed E-state index contributed by atoms with van der Waals surface area (Å²) in [6.45, 7) is 0. The van der Waals surface area contributed by atoms with Crippen molar-refractivity contribution in [2.45, 2.75) is 11.1 Å². The van der Waals surface area contributed by atoms with Gasteiger partial charge < -0.3 is 0 Å². The van der Waals surface area contributed by atoms with Gasteiger partial charge in [0.25, 0.3) is 0 Å². The summed E-state index contributed by atoms with van der Waals surface area (Å²) in [7, 11) is -4.15. The number of benzene rings is 3. The van der Waals surface area contributed by atoms with Crippen LogP contribution in [0.2, 0.25) is 0 Å². The van der Waals surface area contributed by atoms with Gasteiger partial charge in [0.05, 0.1) is 10.5 Å². The van der Waals surface area contributed by atoms with Crippen LogP contribution >= 0.6 is 0 Å². The predicted octanol–water partition coefficient (Wildman–Crippen LogP) is 5.24. The number of sulfonamides is 1. The fourth-order valence-corrected chi connectivity index (χ4v) is 3.35. The number of rotatable bonds is 3. The molecule has 0 radical (unpaired) electrons. The largest absolute Gasteiger partial charge is 0.416 e. The van der Waals surface area contributed by atoms with Crippen molar-refractivity contribution in [2.75, 3.05) is 0 Å². The van der Waals surface area contributed by atoms with Gasteiger partial charge in [-0.1, -0.05) is 24.3 Å². The van der Waals surface area contributed by atoms with Crippen LogP contribution in [0.15, 0.2) is 53.4 Å². The second kappa shape index (κ2) is 7.40. The lowest BCUT2D eigenvalue weighted by atomic mass is 9.92. The average Bonchev–Trinajstić information content (AvgIpc) is 2.68. The first kappa shape index (κ1) is 21.8. The summed E-state index contributed by atoms with van der Waals surface area (Å²) in [6.07, 6.45) is -4.83. The number of hydrogen-bond acceptors (Lipinski definition) is 2. The van der Waals surface area contributed by atoms with E-state index >= 15 is 0 Å². The van der Waals surface area contributed by atoms with Crippen molar-refractivity contribution in [2.24, 2.45) is 5.14 Å². The van der Waals surface area contributed by atoms with Crippen LogP contribution < -0.4 is 5.14 Å². The molecule has 3 aromatic carbocycles. The van der Waals surface area contributed by atoms with Gasteiger partial charge in [-0.15, -0.1) is 0 Å². The molecule has 0 amide bonds. The summed E-state index contributed by atoms with van der Waals surface area (Å²) in [5, 5.41) is 4.94. The third kappa shape index (κ3) is 3.90. The Morgan fingerprint density at radius 1 is 0.700 bits per heavy atom. The van der Waals surface area contributed by atoms with Crippen LogP contribution in [-0.4, -0.2) is 8.42 Å². The zero-order valence-electron chi connectivity index (χ0n) is 14.6. The first-order valence-corrected chi connectivity index (χ1v) is 9.54. The van der Waals surface area contributed by atoms with E-state index in [-0.39, 0.29) is 5.56 Å². The summed E-state index contributed by atoms with van der Waals surface area (Å²) in [4.78, 5) is -0.407. The van der Waals surface area contributed by atoms with Crippen molar-refractivity contribution in [1.82, 2.24) is 0 Å². The van der Waals surface area contributed by atoms with Gasteiger partial charge in [0.2, 0.25) is 10.0 Å². The third-order valence-electron chi connectivity index (χ3n) is 4.22. The molecule has 0 aliphatic carbocycles. The molecule has 0 atom stereocenters. The summed E-state index contributed by atoms with van der Waals surface area (Å²) in [6, 6.07) is 6.66. The molecule has 0 aromatic heterocycles. The van der Waals surface area contributed by atoms with Crippen LogP contribution in [0.4, 0.5) is 30.7 Å². The number of hydrogen-bond donors (Lipinski definition) is 1. The highest BCUT2D eigenvalue weighted by molar-refractivity contribution is 7.89. The fourth-order valence-electron chi connectivity index (χ4n) is 2.84. The van der Waals surface area contributed by atoms with Crippen LogP contribution in [-0.2, 0) is 16.2 Å². The molecule has 0 saturated carbocycles. The Labute approximate surface area is 165 Å². The summed E-state index contributed by atoms with van der Waals surface area (Å²) in [5.41, 5.74) is -3.94. The smallest absolute Gasteiger partial charge is 0.225 e. The van der Waals surface area contributed by atoms with E-state index in [1.807, 2.05) is 0 Å². The minimum Gasteiger partial charge on any atom is -0.225 e. The second-order valence-corrected chi connectivity index (χ2v) is 7.72. The van der Waals surface area contributed by atoms with Crippen molar-refractivity contribution in [3.8, 4) is 22.3 Å². The first-order valence-electron chi connectivity index (χ1n) is 7.99. The van der Waals surface area contributed by atoms with Crippen molar-refractivity contribution >= 4 is 10.0 Å². The molecule has 0 bridgehead atoms. The van der Waals surface area contributed by atoms with Gasteiger partial charge in [0.15, 0.2) is 23.3 Å². The number of halogens is 7. The van der Waals surface area contributed by atoms with Crippen LogP contribution in [0.3, 0.4) is 0 Å². The minimum absolute atomic E-state index is 0.315. The Balaban J connectivity index is 2.35. The van der Waals surface area contributed by atoms with Crippen molar-refractivity contribution in [1.29, 1.82) is 0 Å². The van der Waals surface area contributed by atoms with Crippen molar-refractivity contribution in [3.05, 3.63) is 77.4 Å². The van der Waals surface area contributed by atoms with Gasteiger partial charge in [0.1, 0.15) is 0 Å². The first-order chi connectivity index (χ1) is 13.8. The lowest BCUT2D eigenvalue weighted by molar-refractivity contribution is -0.137. The molecule has 3 nitrogen and oxygen atoms in total.